The summed E-state index contributed by atoms with van der Waals surface area (Å²) in [5, 5.41) is 11.6. The molecular weight excluding hydrogens is 362 g/mol. The molecule has 0 saturated heterocycles. The third-order valence-corrected chi connectivity index (χ3v) is 4.19. The van der Waals surface area contributed by atoms with E-state index in [4.69, 9.17) is 16.0 Å². The zero-order valence-corrected chi connectivity index (χ0v) is 14.9. The smallest absolute Gasteiger partial charge is 0.255 e. The molecule has 0 saturated carbocycles. The molecule has 0 aliphatic heterocycles. The molecule has 0 bridgehead atoms. The highest BCUT2D eigenvalue weighted by atomic mass is 35.5. The normalized spacial score (nSPS) is 10.6. The van der Waals surface area contributed by atoms with Crippen LogP contribution in [0.3, 0.4) is 0 Å². The van der Waals surface area contributed by atoms with E-state index >= 15 is 0 Å². The summed E-state index contributed by atoms with van der Waals surface area (Å²) in [6, 6.07) is 23.5. The monoisotopic (exact) mass is 375 g/mol. The Balaban J connectivity index is 1.48. The van der Waals surface area contributed by atoms with Crippen LogP contribution in [0.1, 0.15) is 10.4 Å². The molecule has 1 N–H and O–H groups in total. The maximum atomic E-state index is 12.2. The molecule has 0 spiro atoms. The van der Waals surface area contributed by atoms with Crippen LogP contribution in [0.25, 0.3) is 22.9 Å². The number of carbonyl (C=O) groups is 1. The minimum atomic E-state index is -0.205. The molecule has 0 fully saturated rings. The molecule has 0 unspecified atom stereocenters. The summed E-state index contributed by atoms with van der Waals surface area (Å²) in [6.07, 6.45) is 0. The van der Waals surface area contributed by atoms with E-state index in [9.17, 15) is 4.79 Å². The van der Waals surface area contributed by atoms with Gasteiger partial charge in [0.2, 0.25) is 11.8 Å². The molecular formula is C21H14ClN3O2. The minimum Gasteiger partial charge on any atom is -0.416 e. The quantitative estimate of drug-likeness (QED) is 0.525. The first-order valence-corrected chi connectivity index (χ1v) is 8.63. The predicted octanol–water partition coefficient (Wildman–Crippen LogP) is 5.31. The Kier molecular flexibility index (Phi) is 4.68. The van der Waals surface area contributed by atoms with Crippen LogP contribution in [0.2, 0.25) is 5.02 Å². The first-order chi connectivity index (χ1) is 13.2. The molecule has 1 aromatic heterocycles. The second-order valence-electron chi connectivity index (χ2n) is 5.82. The Morgan fingerprint density at radius 2 is 1.37 bits per heavy atom. The Morgan fingerprint density at radius 3 is 2.00 bits per heavy atom. The van der Waals surface area contributed by atoms with Crippen molar-refractivity contribution in [3.05, 3.63) is 89.4 Å². The van der Waals surface area contributed by atoms with Crippen molar-refractivity contribution in [3.63, 3.8) is 0 Å². The number of anilines is 1. The second-order valence-corrected chi connectivity index (χ2v) is 6.25. The number of amides is 1. The molecule has 0 atom stereocenters. The van der Waals surface area contributed by atoms with E-state index in [2.05, 4.69) is 15.5 Å². The van der Waals surface area contributed by atoms with Crippen molar-refractivity contribution in [3.8, 4) is 22.9 Å². The summed E-state index contributed by atoms with van der Waals surface area (Å²) in [5.41, 5.74) is 2.84. The summed E-state index contributed by atoms with van der Waals surface area (Å²) in [4.78, 5) is 12.2. The second kappa shape index (κ2) is 7.43. The minimum absolute atomic E-state index is 0.205. The SMILES string of the molecule is O=C(Nc1ccc(-c2nnc(-c3ccccc3)o2)cc1)c1ccc(Cl)cc1. The van der Waals surface area contributed by atoms with Gasteiger partial charge in [0.05, 0.1) is 0 Å². The maximum absolute atomic E-state index is 12.2. The average Bonchev–Trinajstić information content (AvgIpc) is 3.20. The average molecular weight is 376 g/mol. The van der Waals surface area contributed by atoms with Gasteiger partial charge in [0.15, 0.2) is 0 Å². The summed E-state index contributed by atoms with van der Waals surface area (Å²) >= 11 is 5.84. The molecule has 6 heteroatoms. The third-order valence-electron chi connectivity index (χ3n) is 3.94. The highest BCUT2D eigenvalue weighted by molar-refractivity contribution is 6.30. The van der Waals surface area contributed by atoms with Gasteiger partial charge in [-0.25, -0.2) is 0 Å². The van der Waals surface area contributed by atoms with Crippen molar-refractivity contribution in [2.24, 2.45) is 0 Å². The lowest BCUT2D eigenvalue weighted by molar-refractivity contribution is 0.102. The highest BCUT2D eigenvalue weighted by Crippen LogP contribution is 2.25. The fraction of sp³-hybridized carbons (Fsp3) is 0. The zero-order valence-electron chi connectivity index (χ0n) is 14.1. The van der Waals surface area contributed by atoms with Crippen molar-refractivity contribution >= 4 is 23.2 Å². The van der Waals surface area contributed by atoms with Gasteiger partial charge in [-0.15, -0.1) is 10.2 Å². The Labute approximate surface area is 160 Å². The topological polar surface area (TPSA) is 68.0 Å². The number of hydrogen-bond donors (Lipinski definition) is 1. The molecule has 4 rings (SSSR count). The fourth-order valence-corrected chi connectivity index (χ4v) is 2.66. The standard InChI is InChI=1S/C21H14ClN3O2/c22-17-10-6-14(7-11-17)19(26)23-18-12-8-16(9-13-18)21-25-24-20(27-21)15-4-2-1-3-5-15/h1-13H,(H,23,26). The van der Waals surface area contributed by atoms with Gasteiger partial charge in [-0.3, -0.25) is 4.79 Å². The van der Waals surface area contributed by atoms with E-state index in [0.29, 0.717) is 28.1 Å². The maximum Gasteiger partial charge on any atom is 0.255 e. The molecule has 0 radical (unpaired) electrons. The third kappa shape index (κ3) is 3.88. The van der Waals surface area contributed by atoms with Crippen LogP contribution >= 0.6 is 11.6 Å². The number of rotatable bonds is 4. The summed E-state index contributed by atoms with van der Waals surface area (Å²) < 4.78 is 5.74. The highest BCUT2D eigenvalue weighted by Gasteiger charge is 2.11. The number of halogens is 1. The van der Waals surface area contributed by atoms with Crippen LogP contribution in [-0.4, -0.2) is 16.1 Å². The van der Waals surface area contributed by atoms with Gasteiger partial charge in [-0.1, -0.05) is 29.8 Å². The van der Waals surface area contributed by atoms with Crippen molar-refractivity contribution in [2.45, 2.75) is 0 Å². The summed E-state index contributed by atoms with van der Waals surface area (Å²) in [7, 11) is 0. The van der Waals surface area contributed by atoms with Crippen LogP contribution < -0.4 is 5.32 Å². The molecule has 27 heavy (non-hydrogen) atoms. The molecule has 5 nitrogen and oxygen atoms in total. The van der Waals surface area contributed by atoms with Crippen LogP contribution in [0, 0.1) is 0 Å². The Hall–Kier alpha value is -3.44. The van der Waals surface area contributed by atoms with Gasteiger partial charge < -0.3 is 9.73 Å². The summed E-state index contributed by atoms with van der Waals surface area (Å²) in [6.45, 7) is 0. The number of benzene rings is 3. The molecule has 132 valence electrons. The molecule has 4 aromatic rings. The van der Waals surface area contributed by atoms with Crippen LogP contribution in [0.4, 0.5) is 5.69 Å². The van der Waals surface area contributed by atoms with Gasteiger partial charge in [0.25, 0.3) is 5.91 Å². The number of aromatic nitrogens is 2. The van der Waals surface area contributed by atoms with Gasteiger partial charge in [0, 0.05) is 27.4 Å². The van der Waals surface area contributed by atoms with Crippen molar-refractivity contribution < 1.29 is 9.21 Å². The van der Waals surface area contributed by atoms with Gasteiger partial charge in [-0.05, 0) is 60.7 Å². The fourth-order valence-electron chi connectivity index (χ4n) is 2.54. The first-order valence-electron chi connectivity index (χ1n) is 8.25. The molecule has 0 aliphatic carbocycles. The Morgan fingerprint density at radius 1 is 0.778 bits per heavy atom. The Bertz CT molecular complexity index is 1060. The van der Waals surface area contributed by atoms with Gasteiger partial charge in [-0.2, -0.15) is 0 Å². The van der Waals surface area contributed by atoms with Gasteiger partial charge in [0.1, 0.15) is 0 Å². The number of nitrogens with one attached hydrogen (secondary N) is 1. The van der Waals surface area contributed by atoms with Crippen molar-refractivity contribution in [1.82, 2.24) is 10.2 Å². The molecule has 1 amide bonds. The van der Waals surface area contributed by atoms with E-state index in [0.717, 1.165) is 11.1 Å². The number of hydrogen-bond acceptors (Lipinski definition) is 4. The van der Waals surface area contributed by atoms with Crippen LogP contribution in [-0.2, 0) is 0 Å². The number of carbonyl (C=O) groups excluding carboxylic acids is 1. The van der Waals surface area contributed by atoms with E-state index in [1.807, 2.05) is 42.5 Å². The molecule has 3 aromatic carbocycles. The molecule has 1 heterocycles. The summed E-state index contributed by atoms with van der Waals surface area (Å²) in [5.74, 6) is 0.679. The lowest BCUT2D eigenvalue weighted by Crippen LogP contribution is -2.11. The van der Waals surface area contributed by atoms with Gasteiger partial charge >= 0.3 is 0 Å². The van der Waals surface area contributed by atoms with E-state index < -0.39 is 0 Å². The van der Waals surface area contributed by atoms with Crippen LogP contribution in [0.5, 0.6) is 0 Å². The largest absolute Gasteiger partial charge is 0.416 e. The molecule has 0 aliphatic rings. The van der Waals surface area contributed by atoms with E-state index in [1.165, 1.54) is 0 Å². The zero-order chi connectivity index (χ0) is 18.6. The van der Waals surface area contributed by atoms with E-state index in [-0.39, 0.29) is 5.91 Å². The predicted molar refractivity (Wildman–Crippen MR) is 105 cm³/mol. The number of nitrogens with zero attached hydrogens (tertiary/aromatic N) is 2. The van der Waals surface area contributed by atoms with Crippen molar-refractivity contribution in [2.75, 3.05) is 5.32 Å². The lowest BCUT2D eigenvalue weighted by atomic mass is 10.2. The van der Waals surface area contributed by atoms with E-state index in [1.54, 1.807) is 36.4 Å². The first kappa shape index (κ1) is 17.0. The van der Waals surface area contributed by atoms with Crippen LogP contribution in [0.15, 0.2) is 83.3 Å². The van der Waals surface area contributed by atoms with Crippen molar-refractivity contribution in [1.29, 1.82) is 0 Å². The lowest BCUT2D eigenvalue weighted by Gasteiger charge is -2.05.